The van der Waals surface area contributed by atoms with E-state index in [2.05, 4.69) is 45.0 Å². The minimum Gasteiger partial charge on any atom is -0.371 e. The number of hydrogen-bond donors (Lipinski definition) is 1. The van der Waals surface area contributed by atoms with Crippen LogP contribution >= 0.6 is 0 Å². The second-order valence-electron chi connectivity index (χ2n) is 4.76. The van der Waals surface area contributed by atoms with Crippen molar-refractivity contribution in [3.63, 3.8) is 0 Å². The van der Waals surface area contributed by atoms with Gasteiger partial charge in [-0.15, -0.1) is 0 Å². The third-order valence-electron chi connectivity index (χ3n) is 2.13. The summed E-state index contributed by atoms with van der Waals surface area (Å²) in [6, 6.07) is 8.45. The predicted molar refractivity (Wildman–Crippen MR) is 63.7 cm³/mol. The molecule has 0 unspecified atom stereocenters. The van der Waals surface area contributed by atoms with E-state index in [0.29, 0.717) is 13.2 Å². The normalized spacial score (nSPS) is 11.7. The summed E-state index contributed by atoms with van der Waals surface area (Å²) >= 11 is 0. The van der Waals surface area contributed by atoms with E-state index in [-0.39, 0.29) is 5.60 Å². The molecular weight excluding hydrogens is 186 g/mol. The second-order valence-corrected chi connectivity index (χ2v) is 4.76. The van der Waals surface area contributed by atoms with Gasteiger partial charge in [0.05, 0.1) is 12.2 Å². The molecule has 1 rings (SSSR count). The molecule has 0 fully saturated rings. The highest BCUT2D eigenvalue weighted by Crippen LogP contribution is 2.12. The molecule has 0 bridgehead atoms. The molecule has 0 aliphatic heterocycles. The van der Waals surface area contributed by atoms with E-state index < -0.39 is 0 Å². The summed E-state index contributed by atoms with van der Waals surface area (Å²) < 4.78 is 5.69. The first kappa shape index (κ1) is 12.2. The van der Waals surface area contributed by atoms with Gasteiger partial charge in [0, 0.05) is 0 Å². The zero-order valence-electron chi connectivity index (χ0n) is 9.92. The third kappa shape index (κ3) is 4.96. The molecule has 0 radical (unpaired) electrons. The van der Waals surface area contributed by atoms with Crippen LogP contribution in [0.1, 0.15) is 31.9 Å². The maximum absolute atomic E-state index is 5.69. The van der Waals surface area contributed by atoms with E-state index in [1.807, 2.05) is 0 Å². The van der Waals surface area contributed by atoms with Crippen LogP contribution in [0.2, 0.25) is 0 Å². The lowest BCUT2D eigenvalue weighted by Crippen LogP contribution is -2.18. The first-order chi connectivity index (χ1) is 7.01. The number of hydrogen-bond acceptors (Lipinski definition) is 2. The smallest absolute Gasteiger partial charge is 0.0724 e. The average molecular weight is 207 g/mol. The fraction of sp³-hybridized carbons (Fsp3) is 0.538. The Hall–Kier alpha value is -0.860. The summed E-state index contributed by atoms with van der Waals surface area (Å²) in [5.74, 6) is 0. The monoisotopic (exact) mass is 207 g/mol. The van der Waals surface area contributed by atoms with Gasteiger partial charge in [0.2, 0.25) is 0 Å². The van der Waals surface area contributed by atoms with Crippen LogP contribution in [-0.4, -0.2) is 12.1 Å². The van der Waals surface area contributed by atoms with Crippen LogP contribution in [0.25, 0.3) is 0 Å². The molecule has 84 valence electrons. The Morgan fingerprint density at radius 1 is 1.07 bits per heavy atom. The van der Waals surface area contributed by atoms with Crippen molar-refractivity contribution in [1.29, 1.82) is 0 Å². The van der Waals surface area contributed by atoms with Gasteiger partial charge < -0.3 is 10.5 Å². The summed E-state index contributed by atoms with van der Waals surface area (Å²) in [5.41, 5.74) is 7.92. The third-order valence-corrected chi connectivity index (χ3v) is 2.13. The van der Waals surface area contributed by atoms with Crippen LogP contribution in [0.5, 0.6) is 0 Å². The molecule has 0 aliphatic carbocycles. The van der Waals surface area contributed by atoms with Crippen molar-refractivity contribution in [2.24, 2.45) is 5.73 Å². The molecule has 0 aliphatic rings. The minimum atomic E-state index is -0.0735. The molecule has 1 aromatic carbocycles. The van der Waals surface area contributed by atoms with Gasteiger partial charge in [-0.25, -0.2) is 0 Å². The standard InChI is InChI=1S/C13H21NO/c1-13(2,3)15-10-12-6-4-11(5-7-12)8-9-14/h4-7H,8-10,14H2,1-3H3. The topological polar surface area (TPSA) is 35.2 Å². The highest BCUT2D eigenvalue weighted by atomic mass is 16.5. The van der Waals surface area contributed by atoms with Gasteiger partial charge in [-0.05, 0) is 44.9 Å². The Morgan fingerprint density at radius 3 is 2.07 bits per heavy atom. The Kier molecular flexibility index (Phi) is 4.30. The summed E-state index contributed by atoms with van der Waals surface area (Å²) in [6.07, 6.45) is 0.945. The minimum absolute atomic E-state index is 0.0735. The van der Waals surface area contributed by atoms with E-state index in [4.69, 9.17) is 10.5 Å². The molecule has 0 atom stereocenters. The van der Waals surface area contributed by atoms with Gasteiger partial charge in [0.15, 0.2) is 0 Å². The summed E-state index contributed by atoms with van der Waals surface area (Å²) in [7, 11) is 0. The fourth-order valence-corrected chi connectivity index (χ4v) is 1.27. The van der Waals surface area contributed by atoms with E-state index in [1.54, 1.807) is 0 Å². The molecule has 0 spiro atoms. The van der Waals surface area contributed by atoms with E-state index in [0.717, 1.165) is 6.42 Å². The quantitative estimate of drug-likeness (QED) is 0.823. The van der Waals surface area contributed by atoms with Crippen LogP contribution in [-0.2, 0) is 17.8 Å². The summed E-state index contributed by atoms with van der Waals surface area (Å²) in [5, 5.41) is 0. The summed E-state index contributed by atoms with van der Waals surface area (Å²) in [4.78, 5) is 0. The maximum Gasteiger partial charge on any atom is 0.0724 e. The molecule has 2 nitrogen and oxygen atoms in total. The Labute approximate surface area is 92.4 Å². The summed E-state index contributed by atoms with van der Waals surface area (Å²) in [6.45, 7) is 7.58. The SMILES string of the molecule is CC(C)(C)OCc1ccc(CCN)cc1. The van der Waals surface area contributed by atoms with E-state index in [1.165, 1.54) is 11.1 Å². The number of ether oxygens (including phenoxy) is 1. The zero-order valence-corrected chi connectivity index (χ0v) is 9.92. The van der Waals surface area contributed by atoms with Crippen LogP contribution in [0.15, 0.2) is 24.3 Å². The van der Waals surface area contributed by atoms with Gasteiger partial charge in [-0.1, -0.05) is 24.3 Å². The Morgan fingerprint density at radius 2 is 1.60 bits per heavy atom. The predicted octanol–water partition coefficient (Wildman–Crippen LogP) is 2.50. The van der Waals surface area contributed by atoms with Crippen molar-refractivity contribution in [3.8, 4) is 0 Å². The Bertz CT molecular complexity index is 284. The van der Waals surface area contributed by atoms with Crippen LogP contribution in [0, 0.1) is 0 Å². The average Bonchev–Trinajstić information content (AvgIpc) is 2.16. The molecule has 0 saturated carbocycles. The van der Waals surface area contributed by atoms with Gasteiger partial charge in [0.25, 0.3) is 0 Å². The van der Waals surface area contributed by atoms with Crippen molar-refractivity contribution >= 4 is 0 Å². The van der Waals surface area contributed by atoms with Gasteiger partial charge in [-0.3, -0.25) is 0 Å². The molecule has 0 heterocycles. The zero-order chi connectivity index (χ0) is 11.3. The van der Waals surface area contributed by atoms with Gasteiger partial charge in [0.1, 0.15) is 0 Å². The number of rotatable bonds is 4. The highest BCUT2D eigenvalue weighted by molar-refractivity contribution is 5.22. The maximum atomic E-state index is 5.69. The van der Waals surface area contributed by atoms with Crippen LogP contribution in [0.4, 0.5) is 0 Å². The number of nitrogens with two attached hydrogens (primary N) is 1. The van der Waals surface area contributed by atoms with Gasteiger partial charge >= 0.3 is 0 Å². The van der Waals surface area contributed by atoms with E-state index >= 15 is 0 Å². The molecule has 2 N–H and O–H groups in total. The van der Waals surface area contributed by atoms with Crippen molar-refractivity contribution in [1.82, 2.24) is 0 Å². The van der Waals surface area contributed by atoms with Crippen molar-refractivity contribution in [2.75, 3.05) is 6.54 Å². The molecule has 0 amide bonds. The van der Waals surface area contributed by atoms with Gasteiger partial charge in [-0.2, -0.15) is 0 Å². The fourth-order valence-electron chi connectivity index (χ4n) is 1.27. The first-order valence-electron chi connectivity index (χ1n) is 5.43. The molecule has 15 heavy (non-hydrogen) atoms. The largest absolute Gasteiger partial charge is 0.371 e. The lowest BCUT2D eigenvalue weighted by molar-refractivity contribution is -0.0149. The van der Waals surface area contributed by atoms with Crippen molar-refractivity contribution in [3.05, 3.63) is 35.4 Å². The molecular formula is C13H21NO. The Balaban J connectivity index is 2.50. The number of benzene rings is 1. The lowest BCUT2D eigenvalue weighted by Gasteiger charge is -2.19. The van der Waals surface area contributed by atoms with Crippen LogP contribution in [0.3, 0.4) is 0 Å². The molecule has 2 heteroatoms. The van der Waals surface area contributed by atoms with E-state index in [9.17, 15) is 0 Å². The van der Waals surface area contributed by atoms with Crippen molar-refractivity contribution in [2.45, 2.75) is 39.4 Å². The first-order valence-corrected chi connectivity index (χ1v) is 5.43. The van der Waals surface area contributed by atoms with Crippen molar-refractivity contribution < 1.29 is 4.74 Å². The molecule has 0 saturated heterocycles. The lowest BCUT2D eigenvalue weighted by atomic mass is 10.1. The molecule has 0 aromatic heterocycles. The molecule has 1 aromatic rings. The highest BCUT2D eigenvalue weighted by Gasteiger charge is 2.09. The van der Waals surface area contributed by atoms with Crippen LogP contribution < -0.4 is 5.73 Å². The second kappa shape index (κ2) is 5.29.